The molecule has 1 N–H and O–H groups in total. The molecule has 2 aliphatic rings. The normalized spacial score (nSPS) is 17.5. The van der Waals surface area contributed by atoms with E-state index in [1.54, 1.807) is 6.20 Å². The molecule has 3 heterocycles. The Morgan fingerprint density at radius 3 is 2.55 bits per heavy atom. The van der Waals surface area contributed by atoms with Crippen LogP contribution >= 0.6 is 0 Å². The van der Waals surface area contributed by atoms with E-state index in [2.05, 4.69) is 29.4 Å². The lowest BCUT2D eigenvalue weighted by Gasteiger charge is -2.39. The van der Waals surface area contributed by atoms with E-state index in [0.29, 0.717) is 25.6 Å². The van der Waals surface area contributed by atoms with Crippen molar-refractivity contribution in [3.8, 4) is 0 Å². The Balaban J connectivity index is 1.28. The predicted octanol–water partition coefficient (Wildman–Crippen LogP) is 4.37. The maximum atomic E-state index is 12.5. The molecule has 1 fully saturated rings. The molecule has 1 aromatic heterocycles. The molecule has 6 heteroatoms. The van der Waals surface area contributed by atoms with Crippen LogP contribution in [-0.2, 0) is 4.79 Å². The van der Waals surface area contributed by atoms with Crippen molar-refractivity contribution in [2.45, 2.75) is 32.6 Å². The van der Waals surface area contributed by atoms with Gasteiger partial charge in [0, 0.05) is 56.1 Å². The predicted molar refractivity (Wildman–Crippen MR) is 123 cm³/mol. The number of rotatable bonds is 5. The second-order valence-corrected chi connectivity index (χ2v) is 8.47. The molecule has 3 amide bonds. The highest BCUT2D eigenvalue weighted by molar-refractivity contribution is 5.90. The quantitative estimate of drug-likeness (QED) is 0.784. The number of hydrogen-bond acceptors (Lipinski definition) is 3. The number of benzene rings is 1. The lowest BCUT2D eigenvalue weighted by molar-refractivity contribution is -0.134. The zero-order chi connectivity index (χ0) is 21.8. The van der Waals surface area contributed by atoms with Crippen molar-refractivity contribution in [3.05, 3.63) is 66.0 Å². The Hall–Kier alpha value is -3.15. The van der Waals surface area contributed by atoms with E-state index in [0.717, 1.165) is 30.6 Å². The Morgan fingerprint density at radius 2 is 1.94 bits per heavy atom. The van der Waals surface area contributed by atoms with Gasteiger partial charge in [0.2, 0.25) is 5.91 Å². The van der Waals surface area contributed by atoms with Crippen molar-refractivity contribution in [1.82, 2.24) is 14.8 Å². The molecule has 0 saturated carbocycles. The molecule has 0 bridgehead atoms. The number of amides is 3. The number of pyridine rings is 1. The molecule has 162 valence electrons. The SMILES string of the molecule is CC[C@H](C)C(=O)N1CC=C(c2ccc(NC(=O)N3CC(c4cccnc4)C3)cc2)CC1. The molecule has 4 rings (SSSR count). The van der Waals surface area contributed by atoms with E-state index in [9.17, 15) is 9.59 Å². The van der Waals surface area contributed by atoms with Gasteiger partial charge in [-0.25, -0.2) is 4.79 Å². The summed E-state index contributed by atoms with van der Waals surface area (Å²) in [6.07, 6.45) is 7.52. The van der Waals surface area contributed by atoms with Gasteiger partial charge in [-0.1, -0.05) is 38.1 Å². The third-order valence-corrected chi connectivity index (χ3v) is 6.39. The smallest absolute Gasteiger partial charge is 0.321 e. The fourth-order valence-corrected chi connectivity index (χ4v) is 4.06. The number of carbonyl (C=O) groups excluding carboxylic acids is 2. The number of likely N-dealkylation sites (tertiary alicyclic amines) is 1. The van der Waals surface area contributed by atoms with Crippen LogP contribution in [-0.4, -0.2) is 52.9 Å². The molecule has 0 aliphatic carbocycles. The van der Waals surface area contributed by atoms with Gasteiger partial charge < -0.3 is 15.1 Å². The van der Waals surface area contributed by atoms with Gasteiger partial charge in [0.15, 0.2) is 0 Å². The van der Waals surface area contributed by atoms with Crippen molar-refractivity contribution >= 4 is 23.2 Å². The number of hydrogen-bond donors (Lipinski definition) is 1. The van der Waals surface area contributed by atoms with Crippen molar-refractivity contribution in [3.63, 3.8) is 0 Å². The largest absolute Gasteiger partial charge is 0.338 e. The van der Waals surface area contributed by atoms with Gasteiger partial charge in [0.25, 0.3) is 0 Å². The van der Waals surface area contributed by atoms with Crippen LogP contribution in [0.2, 0.25) is 0 Å². The van der Waals surface area contributed by atoms with Crippen LogP contribution in [0.1, 0.15) is 43.7 Å². The first-order valence-corrected chi connectivity index (χ1v) is 11.1. The minimum absolute atomic E-state index is 0.0658. The van der Waals surface area contributed by atoms with Crippen LogP contribution in [0.5, 0.6) is 0 Å². The summed E-state index contributed by atoms with van der Waals surface area (Å²) in [5, 5.41) is 2.99. The summed E-state index contributed by atoms with van der Waals surface area (Å²) in [6, 6.07) is 11.9. The lowest BCUT2D eigenvalue weighted by atomic mass is 9.93. The molecule has 1 aromatic carbocycles. The van der Waals surface area contributed by atoms with E-state index in [1.165, 1.54) is 11.1 Å². The standard InChI is InChI=1S/C25H30N4O2/c1-3-18(2)24(30)28-13-10-20(11-14-28)19-6-8-23(9-7-19)27-25(31)29-16-22(17-29)21-5-4-12-26-15-21/h4-10,12,15,18,22H,3,11,13-14,16-17H2,1-2H3,(H,27,31)/t18-/m0/s1. The van der Waals surface area contributed by atoms with Gasteiger partial charge in [-0.05, 0) is 47.7 Å². The second-order valence-electron chi connectivity index (χ2n) is 8.47. The number of urea groups is 1. The van der Waals surface area contributed by atoms with Gasteiger partial charge in [0.1, 0.15) is 0 Å². The monoisotopic (exact) mass is 418 g/mol. The molecule has 0 unspecified atom stereocenters. The first kappa shape index (κ1) is 21.1. The van der Waals surface area contributed by atoms with Crippen LogP contribution in [0.3, 0.4) is 0 Å². The molecule has 1 atom stereocenters. The maximum absolute atomic E-state index is 12.5. The van der Waals surface area contributed by atoms with Gasteiger partial charge in [-0.2, -0.15) is 0 Å². The summed E-state index contributed by atoms with van der Waals surface area (Å²) < 4.78 is 0. The second kappa shape index (κ2) is 9.33. The van der Waals surface area contributed by atoms with E-state index < -0.39 is 0 Å². The summed E-state index contributed by atoms with van der Waals surface area (Å²) in [5.41, 5.74) is 4.38. The van der Waals surface area contributed by atoms with E-state index >= 15 is 0 Å². The van der Waals surface area contributed by atoms with Crippen LogP contribution in [0.4, 0.5) is 10.5 Å². The topological polar surface area (TPSA) is 65.5 Å². The third kappa shape index (κ3) is 4.79. The van der Waals surface area contributed by atoms with Gasteiger partial charge >= 0.3 is 6.03 Å². The third-order valence-electron chi connectivity index (χ3n) is 6.39. The lowest BCUT2D eigenvalue weighted by Crippen LogP contribution is -2.50. The summed E-state index contributed by atoms with van der Waals surface area (Å²) in [5.74, 6) is 0.698. The number of aromatic nitrogens is 1. The Kier molecular flexibility index (Phi) is 6.35. The molecule has 6 nitrogen and oxygen atoms in total. The van der Waals surface area contributed by atoms with Crippen LogP contribution < -0.4 is 5.32 Å². The molecule has 31 heavy (non-hydrogen) atoms. The average Bonchev–Trinajstić information content (AvgIpc) is 2.78. The van der Waals surface area contributed by atoms with E-state index in [-0.39, 0.29) is 17.9 Å². The molecular formula is C25H30N4O2. The van der Waals surface area contributed by atoms with Gasteiger partial charge in [0.05, 0.1) is 0 Å². The first-order chi connectivity index (χ1) is 15.0. The zero-order valence-corrected chi connectivity index (χ0v) is 18.3. The van der Waals surface area contributed by atoms with E-state index in [1.807, 2.05) is 53.3 Å². The summed E-state index contributed by atoms with van der Waals surface area (Å²) in [6.45, 7) is 6.91. The molecule has 0 spiro atoms. The van der Waals surface area contributed by atoms with Crippen LogP contribution in [0.25, 0.3) is 5.57 Å². The van der Waals surface area contributed by atoms with Crippen molar-refractivity contribution in [1.29, 1.82) is 0 Å². The Morgan fingerprint density at radius 1 is 1.16 bits per heavy atom. The summed E-state index contributed by atoms with van der Waals surface area (Å²) in [4.78, 5) is 32.8. The highest BCUT2D eigenvalue weighted by Crippen LogP contribution is 2.28. The highest BCUT2D eigenvalue weighted by Gasteiger charge is 2.31. The Bertz CT molecular complexity index is 949. The summed E-state index contributed by atoms with van der Waals surface area (Å²) >= 11 is 0. The van der Waals surface area contributed by atoms with Crippen molar-refractivity contribution in [2.24, 2.45) is 5.92 Å². The first-order valence-electron chi connectivity index (χ1n) is 11.1. The minimum Gasteiger partial charge on any atom is -0.338 e. The molecule has 0 radical (unpaired) electrons. The number of nitrogens with one attached hydrogen (secondary N) is 1. The molecule has 1 saturated heterocycles. The molecular weight excluding hydrogens is 388 g/mol. The van der Waals surface area contributed by atoms with E-state index in [4.69, 9.17) is 0 Å². The van der Waals surface area contributed by atoms with Crippen LogP contribution in [0.15, 0.2) is 54.9 Å². The summed E-state index contributed by atoms with van der Waals surface area (Å²) in [7, 11) is 0. The maximum Gasteiger partial charge on any atom is 0.321 e. The number of carbonyl (C=O) groups is 2. The molecule has 2 aliphatic heterocycles. The number of anilines is 1. The highest BCUT2D eigenvalue weighted by atomic mass is 16.2. The molecule has 2 aromatic rings. The van der Waals surface area contributed by atoms with Crippen molar-refractivity contribution < 1.29 is 9.59 Å². The van der Waals surface area contributed by atoms with Crippen molar-refractivity contribution in [2.75, 3.05) is 31.5 Å². The van der Waals surface area contributed by atoms with Gasteiger partial charge in [-0.15, -0.1) is 0 Å². The average molecular weight is 419 g/mol. The zero-order valence-electron chi connectivity index (χ0n) is 18.3. The Labute approximate surface area is 184 Å². The van der Waals surface area contributed by atoms with Gasteiger partial charge in [-0.3, -0.25) is 9.78 Å². The minimum atomic E-state index is -0.0658. The fourth-order valence-electron chi connectivity index (χ4n) is 4.06. The van der Waals surface area contributed by atoms with Crippen LogP contribution in [0, 0.1) is 5.92 Å². The fraction of sp³-hybridized carbons (Fsp3) is 0.400. The number of nitrogens with zero attached hydrogens (tertiary/aromatic N) is 3.